The lowest BCUT2D eigenvalue weighted by Crippen LogP contribution is -2.55. The number of amides is 1. The molecule has 4 aliphatic rings. The maximum absolute atomic E-state index is 11.7. The minimum Gasteiger partial charge on any atom is -0.396 e. The van der Waals surface area contributed by atoms with Crippen molar-refractivity contribution in [2.24, 2.45) is 40.2 Å². The lowest BCUT2D eigenvalue weighted by molar-refractivity contribution is -0.185. The van der Waals surface area contributed by atoms with Crippen LogP contribution in [0.1, 0.15) is 72.1 Å². The summed E-state index contributed by atoms with van der Waals surface area (Å²) in [4.78, 5) is 11.7. The zero-order valence-electron chi connectivity index (χ0n) is 17.7. The highest BCUT2D eigenvalue weighted by molar-refractivity contribution is 5.72. The summed E-state index contributed by atoms with van der Waals surface area (Å²) in [5.41, 5.74) is 7.97. The van der Waals surface area contributed by atoms with Gasteiger partial charge in [0.1, 0.15) is 0 Å². The maximum atomic E-state index is 11.7. The SMILES string of the molecule is CC(=O)N(O)[C@@H](C)[C@H]1CC[C@H]2[C@@H]3CC=C4C[C@@H](N)CC[C@]4(C)[C@H]3CC[C@]12CO. The van der Waals surface area contributed by atoms with Crippen molar-refractivity contribution in [3.63, 3.8) is 0 Å². The highest BCUT2D eigenvalue weighted by Crippen LogP contribution is 2.66. The van der Waals surface area contributed by atoms with Crippen molar-refractivity contribution in [3.8, 4) is 0 Å². The molecule has 28 heavy (non-hydrogen) atoms. The first-order chi connectivity index (χ1) is 13.2. The third kappa shape index (κ3) is 2.80. The molecule has 0 aromatic heterocycles. The van der Waals surface area contributed by atoms with E-state index < -0.39 is 0 Å². The molecular formula is C23H38N2O3. The molecule has 0 radical (unpaired) electrons. The topological polar surface area (TPSA) is 86.8 Å². The summed E-state index contributed by atoms with van der Waals surface area (Å²) in [5.74, 6) is 1.61. The van der Waals surface area contributed by atoms with Crippen molar-refractivity contribution in [2.45, 2.75) is 84.2 Å². The molecule has 1 amide bonds. The normalized spacial score (nSPS) is 46.1. The quantitative estimate of drug-likeness (QED) is 0.391. The van der Waals surface area contributed by atoms with E-state index >= 15 is 0 Å². The van der Waals surface area contributed by atoms with Crippen LogP contribution in [0.15, 0.2) is 11.6 Å². The average Bonchev–Trinajstić information content (AvgIpc) is 3.07. The molecule has 4 rings (SSSR count). The van der Waals surface area contributed by atoms with E-state index in [2.05, 4.69) is 13.0 Å². The summed E-state index contributed by atoms with van der Waals surface area (Å²) in [5, 5.41) is 21.8. The summed E-state index contributed by atoms with van der Waals surface area (Å²) < 4.78 is 0. The Morgan fingerprint density at radius 1 is 1.29 bits per heavy atom. The second-order valence-electron chi connectivity index (χ2n) is 10.5. The van der Waals surface area contributed by atoms with Gasteiger partial charge in [0, 0.05) is 25.0 Å². The van der Waals surface area contributed by atoms with E-state index in [1.165, 1.54) is 13.3 Å². The first kappa shape index (κ1) is 20.4. The molecule has 0 bridgehead atoms. The Morgan fingerprint density at radius 2 is 2.04 bits per heavy atom. The fourth-order valence-corrected chi connectivity index (χ4v) is 8.03. The number of aliphatic hydroxyl groups is 1. The van der Waals surface area contributed by atoms with Crippen LogP contribution in [0.2, 0.25) is 0 Å². The Hall–Kier alpha value is -0.910. The van der Waals surface area contributed by atoms with Crippen LogP contribution in [0, 0.1) is 34.5 Å². The summed E-state index contributed by atoms with van der Waals surface area (Å²) in [6.07, 6.45) is 11.2. The van der Waals surface area contributed by atoms with E-state index in [-0.39, 0.29) is 35.3 Å². The Balaban J connectivity index is 1.63. The molecular weight excluding hydrogens is 352 g/mol. The molecule has 4 aliphatic carbocycles. The first-order valence-electron chi connectivity index (χ1n) is 11.3. The first-order valence-corrected chi connectivity index (χ1v) is 11.3. The largest absolute Gasteiger partial charge is 0.396 e. The van der Waals surface area contributed by atoms with Crippen LogP contribution in [0.25, 0.3) is 0 Å². The van der Waals surface area contributed by atoms with Gasteiger partial charge in [0.2, 0.25) is 5.91 Å². The van der Waals surface area contributed by atoms with Crippen LogP contribution in [-0.2, 0) is 4.79 Å². The average molecular weight is 391 g/mol. The molecule has 3 fully saturated rings. The van der Waals surface area contributed by atoms with E-state index in [9.17, 15) is 15.1 Å². The van der Waals surface area contributed by atoms with Gasteiger partial charge in [-0.2, -0.15) is 0 Å². The van der Waals surface area contributed by atoms with E-state index in [0.717, 1.165) is 50.0 Å². The Kier molecular flexibility index (Phi) is 5.17. The van der Waals surface area contributed by atoms with Crippen molar-refractivity contribution >= 4 is 5.91 Å². The van der Waals surface area contributed by atoms with Gasteiger partial charge in [0.25, 0.3) is 0 Å². The molecule has 0 aliphatic heterocycles. The number of hydrogen-bond donors (Lipinski definition) is 3. The van der Waals surface area contributed by atoms with Crippen molar-refractivity contribution in [2.75, 3.05) is 6.61 Å². The number of nitrogens with two attached hydrogens (primary N) is 1. The van der Waals surface area contributed by atoms with Crippen molar-refractivity contribution < 1.29 is 15.1 Å². The Labute approximate surface area is 169 Å². The fourth-order valence-electron chi connectivity index (χ4n) is 8.03. The summed E-state index contributed by atoms with van der Waals surface area (Å²) in [6.45, 7) is 5.99. The van der Waals surface area contributed by atoms with E-state index in [1.54, 1.807) is 5.57 Å². The third-order valence-electron chi connectivity index (χ3n) is 9.51. The molecule has 0 unspecified atom stereocenters. The number of nitrogens with zero attached hydrogens (tertiary/aromatic N) is 1. The van der Waals surface area contributed by atoms with Crippen LogP contribution in [0.5, 0.6) is 0 Å². The predicted octanol–water partition coefficient (Wildman–Crippen LogP) is 3.49. The predicted molar refractivity (Wildman–Crippen MR) is 108 cm³/mol. The van der Waals surface area contributed by atoms with Gasteiger partial charge in [-0.15, -0.1) is 0 Å². The van der Waals surface area contributed by atoms with Gasteiger partial charge in [-0.3, -0.25) is 10.0 Å². The standard InChI is InChI=1S/C23H38N2O3/c1-14(25(28)15(2)27)19-6-7-21-18-5-4-16-12-17(24)8-10-22(16,3)20(18)9-11-23(19,21)13-26/h4,14,17-21,26,28H,5-13,24H2,1-3H3/t14-,17-,18+,19+,20-,21-,22-,23-/m0/s1. The number of rotatable bonds is 3. The summed E-state index contributed by atoms with van der Waals surface area (Å²) in [7, 11) is 0. The molecule has 8 atom stereocenters. The number of allylic oxidation sites excluding steroid dienone is 1. The van der Waals surface area contributed by atoms with E-state index in [4.69, 9.17) is 5.73 Å². The maximum Gasteiger partial charge on any atom is 0.243 e. The van der Waals surface area contributed by atoms with Crippen LogP contribution < -0.4 is 5.73 Å². The molecule has 0 aromatic carbocycles. The summed E-state index contributed by atoms with van der Waals surface area (Å²) >= 11 is 0. The van der Waals surface area contributed by atoms with Gasteiger partial charge < -0.3 is 10.8 Å². The molecule has 0 heterocycles. The Morgan fingerprint density at radius 3 is 2.71 bits per heavy atom. The van der Waals surface area contributed by atoms with Crippen molar-refractivity contribution in [1.82, 2.24) is 5.06 Å². The lowest BCUT2D eigenvalue weighted by Gasteiger charge is -2.59. The van der Waals surface area contributed by atoms with Crippen LogP contribution in [0.3, 0.4) is 0 Å². The highest BCUT2D eigenvalue weighted by atomic mass is 16.5. The molecule has 0 saturated heterocycles. The van der Waals surface area contributed by atoms with Gasteiger partial charge >= 0.3 is 0 Å². The molecule has 0 spiro atoms. The van der Waals surface area contributed by atoms with E-state index in [0.29, 0.717) is 23.8 Å². The van der Waals surface area contributed by atoms with Crippen molar-refractivity contribution in [3.05, 3.63) is 11.6 Å². The monoisotopic (exact) mass is 390 g/mol. The molecule has 3 saturated carbocycles. The van der Waals surface area contributed by atoms with Gasteiger partial charge in [0.15, 0.2) is 0 Å². The zero-order valence-corrected chi connectivity index (χ0v) is 17.7. The number of hydrogen-bond acceptors (Lipinski definition) is 4. The molecule has 5 nitrogen and oxygen atoms in total. The molecule has 5 heteroatoms. The second-order valence-corrected chi connectivity index (χ2v) is 10.5. The number of aliphatic hydroxyl groups excluding tert-OH is 1. The summed E-state index contributed by atoms with van der Waals surface area (Å²) in [6, 6.07) is 0.0685. The van der Waals surface area contributed by atoms with Crippen LogP contribution in [-0.4, -0.2) is 40.0 Å². The number of carbonyl (C=O) groups is 1. The van der Waals surface area contributed by atoms with Crippen LogP contribution in [0.4, 0.5) is 0 Å². The number of hydroxylamine groups is 2. The van der Waals surface area contributed by atoms with Crippen LogP contribution >= 0.6 is 0 Å². The minimum atomic E-state index is -0.311. The third-order valence-corrected chi connectivity index (χ3v) is 9.51. The highest BCUT2D eigenvalue weighted by Gasteiger charge is 2.61. The molecule has 0 aromatic rings. The van der Waals surface area contributed by atoms with E-state index in [1.807, 2.05) is 6.92 Å². The number of fused-ring (bicyclic) bond motifs is 5. The Bertz CT molecular complexity index is 664. The zero-order chi connectivity index (χ0) is 20.3. The van der Waals surface area contributed by atoms with Gasteiger partial charge in [-0.1, -0.05) is 18.6 Å². The second kappa shape index (κ2) is 7.10. The fraction of sp³-hybridized carbons (Fsp3) is 0.870. The van der Waals surface area contributed by atoms with Gasteiger partial charge in [-0.05, 0) is 87.4 Å². The molecule has 158 valence electrons. The van der Waals surface area contributed by atoms with Gasteiger partial charge in [-0.25, -0.2) is 5.06 Å². The minimum absolute atomic E-state index is 0.162. The lowest BCUT2D eigenvalue weighted by atomic mass is 9.47. The van der Waals surface area contributed by atoms with Gasteiger partial charge in [0.05, 0.1) is 6.04 Å². The molecule has 4 N–H and O–H groups in total. The number of carbonyl (C=O) groups excluding carboxylic acids is 1. The van der Waals surface area contributed by atoms with Crippen molar-refractivity contribution in [1.29, 1.82) is 0 Å². The smallest absolute Gasteiger partial charge is 0.243 e.